The van der Waals surface area contributed by atoms with Crippen molar-refractivity contribution in [3.8, 4) is 11.5 Å². The number of hydrogen-bond donors (Lipinski definition) is 1. The van der Waals surface area contributed by atoms with Gasteiger partial charge in [-0.05, 0) is 19.1 Å². The van der Waals surface area contributed by atoms with Gasteiger partial charge in [-0.2, -0.15) is 5.10 Å². The van der Waals surface area contributed by atoms with E-state index >= 15 is 0 Å². The van der Waals surface area contributed by atoms with E-state index in [1.54, 1.807) is 14.2 Å². The van der Waals surface area contributed by atoms with E-state index in [-0.39, 0.29) is 5.92 Å². The molecule has 1 aromatic heterocycles. The first-order valence-electron chi connectivity index (χ1n) is 8.75. The Hall–Kier alpha value is -2.54. The summed E-state index contributed by atoms with van der Waals surface area (Å²) >= 11 is 0. The summed E-state index contributed by atoms with van der Waals surface area (Å²) in [6, 6.07) is 7.61. The fraction of sp³-hybridized carbons (Fsp3) is 0.474. The molecule has 0 unspecified atom stereocenters. The van der Waals surface area contributed by atoms with Crippen molar-refractivity contribution in [3.63, 3.8) is 0 Å². The molecule has 2 aromatic rings. The highest BCUT2D eigenvalue weighted by Gasteiger charge is 2.40. The molecule has 0 aliphatic carbocycles. The summed E-state index contributed by atoms with van der Waals surface area (Å²) in [5.74, 6) is -0.214. The zero-order chi connectivity index (χ0) is 18.7. The molecule has 2 atom stereocenters. The maximum atomic E-state index is 11.9. The Kier molecular flexibility index (Phi) is 5.46. The maximum absolute atomic E-state index is 11.9. The van der Waals surface area contributed by atoms with Crippen LogP contribution in [0.3, 0.4) is 0 Å². The Bertz CT molecular complexity index is 774. The highest BCUT2D eigenvalue weighted by atomic mass is 16.5. The summed E-state index contributed by atoms with van der Waals surface area (Å²) in [6.45, 7) is 4.62. The molecule has 2 heterocycles. The number of aliphatic carboxylic acids is 1. The Labute approximate surface area is 153 Å². The van der Waals surface area contributed by atoms with Crippen LogP contribution in [0.5, 0.6) is 11.5 Å². The minimum Gasteiger partial charge on any atom is -0.493 e. The molecule has 0 bridgehead atoms. The lowest BCUT2D eigenvalue weighted by molar-refractivity contribution is -0.141. The van der Waals surface area contributed by atoms with Crippen molar-refractivity contribution in [2.24, 2.45) is 5.92 Å². The minimum absolute atomic E-state index is 0.161. The lowest BCUT2D eigenvalue weighted by Gasteiger charge is -2.20. The molecule has 26 heavy (non-hydrogen) atoms. The van der Waals surface area contributed by atoms with Gasteiger partial charge in [0, 0.05) is 43.9 Å². The first-order chi connectivity index (χ1) is 12.6. The molecule has 1 N–H and O–H groups in total. The Balaban J connectivity index is 1.85. The SMILES string of the molecule is CCn1ccc(CN2C[C@H](C(=O)O)[C@@H](c3cccc(OC)c3OC)C2)n1. The van der Waals surface area contributed by atoms with Crippen LogP contribution in [-0.2, 0) is 17.9 Å². The van der Waals surface area contributed by atoms with Crippen molar-refractivity contribution in [3.05, 3.63) is 41.7 Å². The van der Waals surface area contributed by atoms with Crippen LogP contribution in [0.2, 0.25) is 0 Å². The summed E-state index contributed by atoms with van der Waals surface area (Å²) in [4.78, 5) is 14.0. The number of para-hydroxylation sites is 1. The maximum Gasteiger partial charge on any atom is 0.308 e. The van der Waals surface area contributed by atoms with Gasteiger partial charge in [0.05, 0.1) is 25.8 Å². The van der Waals surface area contributed by atoms with Crippen LogP contribution in [0.15, 0.2) is 30.5 Å². The van der Waals surface area contributed by atoms with Gasteiger partial charge in [-0.25, -0.2) is 0 Å². The second kappa shape index (κ2) is 7.78. The normalized spacial score (nSPS) is 20.3. The first-order valence-corrected chi connectivity index (χ1v) is 8.75. The lowest BCUT2D eigenvalue weighted by atomic mass is 9.88. The van der Waals surface area contributed by atoms with Gasteiger partial charge in [0.25, 0.3) is 0 Å². The molecule has 0 spiro atoms. The molecular formula is C19H25N3O4. The first kappa shape index (κ1) is 18.3. The van der Waals surface area contributed by atoms with Crippen LogP contribution in [-0.4, -0.2) is 53.1 Å². The van der Waals surface area contributed by atoms with Crippen LogP contribution >= 0.6 is 0 Å². The largest absolute Gasteiger partial charge is 0.493 e. The summed E-state index contributed by atoms with van der Waals surface area (Å²) in [6.07, 6.45) is 1.95. The van der Waals surface area contributed by atoms with E-state index in [2.05, 4.69) is 10.00 Å². The van der Waals surface area contributed by atoms with Crippen molar-refractivity contribution in [1.29, 1.82) is 0 Å². The van der Waals surface area contributed by atoms with E-state index in [4.69, 9.17) is 9.47 Å². The number of likely N-dealkylation sites (tertiary alicyclic amines) is 1. The van der Waals surface area contributed by atoms with Gasteiger partial charge < -0.3 is 14.6 Å². The van der Waals surface area contributed by atoms with E-state index in [0.29, 0.717) is 31.1 Å². The number of ether oxygens (including phenoxy) is 2. The molecule has 7 nitrogen and oxygen atoms in total. The number of aromatic nitrogens is 2. The zero-order valence-corrected chi connectivity index (χ0v) is 15.4. The molecule has 1 saturated heterocycles. The molecular weight excluding hydrogens is 334 g/mol. The quantitative estimate of drug-likeness (QED) is 0.817. The summed E-state index contributed by atoms with van der Waals surface area (Å²) < 4.78 is 12.8. The number of methoxy groups -OCH3 is 2. The Morgan fingerprint density at radius 3 is 2.69 bits per heavy atom. The Morgan fingerprint density at radius 1 is 1.27 bits per heavy atom. The average Bonchev–Trinajstić information content (AvgIpc) is 3.28. The number of nitrogens with zero attached hydrogens (tertiary/aromatic N) is 3. The van der Waals surface area contributed by atoms with E-state index in [0.717, 1.165) is 17.8 Å². The van der Waals surface area contributed by atoms with Gasteiger partial charge in [-0.3, -0.25) is 14.4 Å². The highest BCUT2D eigenvalue weighted by Crippen LogP contribution is 2.42. The third-order valence-corrected chi connectivity index (χ3v) is 4.95. The lowest BCUT2D eigenvalue weighted by Crippen LogP contribution is -2.23. The van der Waals surface area contributed by atoms with Gasteiger partial charge in [-0.15, -0.1) is 0 Å². The topological polar surface area (TPSA) is 76.8 Å². The zero-order valence-electron chi connectivity index (χ0n) is 15.4. The number of carbonyl (C=O) groups is 1. The minimum atomic E-state index is -0.790. The van der Waals surface area contributed by atoms with Crippen LogP contribution < -0.4 is 9.47 Å². The van der Waals surface area contributed by atoms with Crippen LogP contribution in [0, 0.1) is 5.92 Å². The van der Waals surface area contributed by atoms with Crippen molar-refractivity contribution in [1.82, 2.24) is 14.7 Å². The van der Waals surface area contributed by atoms with Crippen LogP contribution in [0.4, 0.5) is 0 Å². The van der Waals surface area contributed by atoms with Gasteiger partial charge in [0.1, 0.15) is 0 Å². The fourth-order valence-electron chi connectivity index (χ4n) is 3.68. The van der Waals surface area contributed by atoms with E-state index in [9.17, 15) is 9.90 Å². The number of hydrogen-bond acceptors (Lipinski definition) is 5. The van der Waals surface area contributed by atoms with Crippen molar-refractivity contribution in [2.75, 3.05) is 27.3 Å². The van der Waals surface area contributed by atoms with Gasteiger partial charge in [0.15, 0.2) is 11.5 Å². The summed E-state index contributed by atoms with van der Waals surface area (Å²) in [5.41, 5.74) is 1.83. The molecule has 1 aromatic carbocycles. The molecule has 0 saturated carbocycles. The summed E-state index contributed by atoms with van der Waals surface area (Å²) in [7, 11) is 3.17. The molecule has 3 rings (SSSR count). The third kappa shape index (κ3) is 3.53. The number of rotatable bonds is 7. The molecule has 7 heteroatoms. The van der Waals surface area contributed by atoms with Crippen LogP contribution in [0.25, 0.3) is 0 Å². The summed E-state index contributed by atoms with van der Waals surface area (Å²) in [5, 5.41) is 14.2. The fourth-order valence-corrected chi connectivity index (χ4v) is 3.68. The molecule has 1 aliphatic rings. The molecule has 0 amide bonds. The molecule has 140 valence electrons. The standard InChI is InChI=1S/C19H25N3O4/c1-4-22-9-8-13(20-22)10-21-11-15(16(12-21)19(23)24)14-6-5-7-17(25-2)18(14)26-3/h5-9,15-16H,4,10-12H2,1-3H3,(H,23,24)/t15-,16+/m1/s1. The highest BCUT2D eigenvalue weighted by molar-refractivity contribution is 5.73. The molecule has 1 aliphatic heterocycles. The van der Waals surface area contributed by atoms with Crippen molar-refractivity contribution >= 4 is 5.97 Å². The van der Waals surface area contributed by atoms with E-state index < -0.39 is 11.9 Å². The number of carboxylic acid groups (broad SMARTS) is 1. The van der Waals surface area contributed by atoms with Crippen LogP contribution in [0.1, 0.15) is 24.1 Å². The molecule has 1 fully saturated rings. The predicted molar refractivity (Wildman–Crippen MR) is 96.6 cm³/mol. The van der Waals surface area contributed by atoms with Gasteiger partial charge in [0.2, 0.25) is 0 Å². The van der Waals surface area contributed by atoms with Crippen molar-refractivity contribution < 1.29 is 19.4 Å². The Morgan fingerprint density at radius 2 is 2.08 bits per heavy atom. The predicted octanol–water partition coefficient (Wildman–Crippen LogP) is 2.22. The molecule has 0 radical (unpaired) electrons. The van der Waals surface area contributed by atoms with Crippen molar-refractivity contribution in [2.45, 2.75) is 25.9 Å². The van der Waals surface area contributed by atoms with Gasteiger partial charge >= 0.3 is 5.97 Å². The third-order valence-electron chi connectivity index (χ3n) is 4.95. The smallest absolute Gasteiger partial charge is 0.308 e. The monoisotopic (exact) mass is 359 g/mol. The number of carboxylic acids is 1. The number of aryl methyl sites for hydroxylation is 1. The second-order valence-electron chi connectivity index (χ2n) is 6.49. The second-order valence-corrected chi connectivity index (χ2v) is 6.49. The van der Waals surface area contributed by atoms with E-state index in [1.807, 2.05) is 42.1 Å². The van der Waals surface area contributed by atoms with E-state index in [1.165, 1.54) is 0 Å². The number of benzene rings is 1. The average molecular weight is 359 g/mol. The van der Waals surface area contributed by atoms with Gasteiger partial charge in [-0.1, -0.05) is 12.1 Å².